The zero-order valence-electron chi connectivity index (χ0n) is 15.1. The van der Waals surface area contributed by atoms with E-state index >= 15 is 0 Å². The van der Waals surface area contributed by atoms with Crippen molar-refractivity contribution in [2.75, 3.05) is 0 Å². The number of nitrogens with one attached hydrogen (secondary N) is 1. The number of fused-ring (bicyclic) bond motifs is 3. The Bertz CT molecular complexity index is 918. The third-order valence-electron chi connectivity index (χ3n) is 3.43. The summed E-state index contributed by atoms with van der Waals surface area (Å²) in [6, 6.07) is 8.86. The van der Waals surface area contributed by atoms with Crippen LogP contribution < -0.4 is 16.1 Å². The molecule has 0 aliphatic heterocycles. The van der Waals surface area contributed by atoms with Crippen LogP contribution in [0.4, 0.5) is 0 Å². The average Bonchev–Trinajstić information content (AvgIpc) is 2.62. The molecule has 3 heteroatoms. The first-order chi connectivity index (χ1) is 11.6. The van der Waals surface area contributed by atoms with Crippen LogP contribution in [0.2, 0.25) is 0 Å². The highest BCUT2D eigenvalue weighted by Gasteiger charge is 2.23. The van der Waals surface area contributed by atoms with Crippen LogP contribution >= 0.6 is 0 Å². The summed E-state index contributed by atoms with van der Waals surface area (Å²) in [6.45, 7) is 13.7. The smallest absolute Gasteiger partial charge is 0.249 e. The zero-order valence-corrected chi connectivity index (χ0v) is 15.1. The number of hydrogen-bond donors (Lipinski definition) is 1. The van der Waals surface area contributed by atoms with E-state index in [1.807, 2.05) is 58.9 Å². The summed E-state index contributed by atoms with van der Waals surface area (Å²) in [5.74, 6) is -0.0388. The largest absolute Gasteiger partial charge is 0.322 e. The number of carbonyl (C=O) groups is 1. The van der Waals surface area contributed by atoms with Crippen molar-refractivity contribution in [1.29, 1.82) is 0 Å². The number of ketones is 1. The molecule has 3 nitrogen and oxygen atoms in total. The molecular weight excluding hydrogens is 298 g/mol. The second-order valence-electron chi connectivity index (χ2n) is 4.69. The van der Waals surface area contributed by atoms with Gasteiger partial charge in [0.15, 0.2) is 5.78 Å². The van der Waals surface area contributed by atoms with Gasteiger partial charge in [-0.1, -0.05) is 70.7 Å². The van der Waals surface area contributed by atoms with Gasteiger partial charge in [-0.3, -0.25) is 9.59 Å². The second kappa shape index (κ2) is 8.82. The van der Waals surface area contributed by atoms with Gasteiger partial charge in [0.1, 0.15) is 0 Å². The molecule has 24 heavy (non-hydrogen) atoms. The van der Waals surface area contributed by atoms with Crippen LogP contribution in [0.5, 0.6) is 0 Å². The Balaban J connectivity index is 0.000000671. The van der Waals surface area contributed by atoms with Gasteiger partial charge in [0.05, 0.1) is 0 Å². The third kappa shape index (κ3) is 3.46. The molecule has 0 radical (unpaired) electrons. The fourth-order valence-electron chi connectivity index (χ4n) is 2.63. The lowest BCUT2D eigenvalue weighted by Gasteiger charge is -2.16. The first kappa shape index (κ1) is 19.4. The van der Waals surface area contributed by atoms with E-state index in [1.165, 1.54) is 6.07 Å². The SMILES string of the molecule is C=c1[nH]c(=O)cc2c1=C(/C=C\C)C(=O)c1ccccc1-2.CC.CC. The highest BCUT2D eigenvalue weighted by Crippen LogP contribution is 2.26. The van der Waals surface area contributed by atoms with Crippen LogP contribution in [0.15, 0.2) is 47.3 Å². The molecule has 1 aromatic heterocycles. The second-order valence-corrected chi connectivity index (χ2v) is 4.69. The summed E-state index contributed by atoms with van der Waals surface area (Å²) >= 11 is 0. The number of benzene rings is 1. The normalized spacial score (nSPS) is 11.7. The number of rotatable bonds is 1. The monoisotopic (exact) mass is 323 g/mol. The molecule has 1 aliphatic carbocycles. The lowest BCUT2D eigenvalue weighted by molar-refractivity contribution is 0.105. The van der Waals surface area contributed by atoms with Gasteiger partial charge in [0, 0.05) is 27.8 Å². The summed E-state index contributed by atoms with van der Waals surface area (Å²) < 4.78 is 0. The number of carbonyl (C=O) groups excluding carboxylic acids is 1. The Kier molecular flexibility index (Phi) is 7.12. The van der Waals surface area contributed by atoms with Crippen LogP contribution in [0.1, 0.15) is 45.0 Å². The molecule has 2 aromatic rings. The van der Waals surface area contributed by atoms with Crippen molar-refractivity contribution in [3.63, 3.8) is 0 Å². The van der Waals surface area contributed by atoms with Crippen molar-refractivity contribution < 1.29 is 4.79 Å². The zero-order chi connectivity index (χ0) is 18.3. The molecule has 0 amide bonds. The van der Waals surface area contributed by atoms with Crippen molar-refractivity contribution in [2.24, 2.45) is 0 Å². The van der Waals surface area contributed by atoms with Crippen molar-refractivity contribution >= 4 is 17.9 Å². The van der Waals surface area contributed by atoms with E-state index in [1.54, 1.807) is 12.1 Å². The standard InChI is InChI=1S/C17H13NO2.2C2H6/c1-3-6-13-16-10(2)18-15(19)9-14(16)11-7-4-5-8-12(11)17(13)20;2*1-2/h3-9H,2H2,1H3,(H,18,19);2*1-2H3/b6-3-;;. The number of H-pyrrole nitrogens is 1. The van der Waals surface area contributed by atoms with E-state index < -0.39 is 0 Å². The summed E-state index contributed by atoms with van der Waals surface area (Å²) in [5, 5.41) is 1.19. The molecule has 1 heterocycles. The maximum Gasteiger partial charge on any atom is 0.249 e. The molecule has 126 valence electrons. The number of aromatic amines is 1. The topological polar surface area (TPSA) is 49.9 Å². The van der Waals surface area contributed by atoms with E-state index in [2.05, 4.69) is 11.6 Å². The van der Waals surface area contributed by atoms with Gasteiger partial charge in [-0.05, 0) is 18.1 Å². The molecular formula is C21H25NO2. The first-order valence-electron chi connectivity index (χ1n) is 8.37. The van der Waals surface area contributed by atoms with E-state index in [0.717, 1.165) is 11.1 Å². The van der Waals surface area contributed by atoms with Gasteiger partial charge in [-0.2, -0.15) is 0 Å². The Morgan fingerprint density at radius 3 is 2.12 bits per heavy atom. The predicted molar refractivity (Wildman–Crippen MR) is 103 cm³/mol. The van der Waals surface area contributed by atoms with Crippen molar-refractivity contribution in [1.82, 2.24) is 4.98 Å². The molecule has 0 unspecified atom stereocenters. The fraction of sp³-hybridized carbons (Fsp3) is 0.238. The molecule has 3 rings (SSSR count). The maximum absolute atomic E-state index is 12.6. The molecule has 0 fully saturated rings. The first-order valence-corrected chi connectivity index (χ1v) is 8.37. The van der Waals surface area contributed by atoms with Crippen LogP contribution in [-0.4, -0.2) is 10.8 Å². The van der Waals surface area contributed by atoms with Crippen molar-refractivity contribution in [2.45, 2.75) is 34.6 Å². The minimum Gasteiger partial charge on any atom is -0.322 e. The number of allylic oxidation sites excluding steroid dienone is 2. The molecule has 1 aromatic carbocycles. The van der Waals surface area contributed by atoms with Gasteiger partial charge in [-0.15, -0.1) is 0 Å². The lowest BCUT2D eigenvalue weighted by atomic mass is 9.86. The number of pyridine rings is 1. The van der Waals surface area contributed by atoms with Gasteiger partial charge >= 0.3 is 0 Å². The Labute approximate surface area is 143 Å². The predicted octanol–water partition coefficient (Wildman–Crippen LogP) is 3.43. The molecule has 0 spiro atoms. The van der Waals surface area contributed by atoms with E-state index in [-0.39, 0.29) is 11.3 Å². The van der Waals surface area contributed by atoms with Crippen LogP contribution in [0.25, 0.3) is 23.3 Å². The van der Waals surface area contributed by atoms with E-state index in [4.69, 9.17) is 0 Å². The minimum absolute atomic E-state index is 0.0388. The van der Waals surface area contributed by atoms with E-state index in [0.29, 0.717) is 21.7 Å². The van der Waals surface area contributed by atoms with Crippen LogP contribution in [0, 0.1) is 0 Å². The third-order valence-corrected chi connectivity index (χ3v) is 3.43. The number of aromatic nitrogens is 1. The molecule has 0 saturated heterocycles. The van der Waals surface area contributed by atoms with Gasteiger partial charge in [0.2, 0.25) is 5.56 Å². The highest BCUT2D eigenvalue weighted by molar-refractivity contribution is 6.31. The van der Waals surface area contributed by atoms with Crippen molar-refractivity contribution in [3.05, 3.63) is 69.0 Å². The maximum atomic E-state index is 12.6. The Hall–Kier alpha value is -2.68. The lowest BCUT2D eigenvalue weighted by Crippen LogP contribution is -2.39. The number of Topliss-reactive ketones (excluding diaryl/α,β-unsaturated/α-hetero) is 1. The van der Waals surface area contributed by atoms with E-state index in [9.17, 15) is 9.59 Å². The fourth-order valence-corrected chi connectivity index (χ4v) is 2.63. The molecule has 0 saturated carbocycles. The molecule has 0 atom stereocenters. The molecule has 1 N–H and O–H groups in total. The quantitative estimate of drug-likeness (QED) is 0.874. The van der Waals surface area contributed by atoms with Crippen molar-refractivity contribution in [3.8, 4) is 11.1 Å². The molecule has 0 bridgehead atoms. The summed E-state index contributed by atoms with van der Waals surface area (Å²) in [6.07, 6.45) is 3.58. The average molecular weight is 323 g/mol. The summed E-state index contributed by atoms with van der Waals surface area (Å²) in [5.41, 5.74) is 2.54. The van der Waals surface area contributed by atoms with Gasteiger partial charge in [0.25, 0.3) is 0 Å². The van der Waals surface area contributed by atoms with Gasteiger partial charge in [-0.25, -0.2) is 0 Å². The molecule has 1 aliphatic rings. The summed E-state index contributed by atoms with van der Waals surface area (Å²) in [4.78, 5) is 27.0. The number of hydrogen-bond acceptors (Lipinski definition) is 2. The summed E-state index contributed by atoms with van der Waals surface area (Å²) in [7, 11) is 0. The Morgan fingerprint density at radius 2 is 1.54 bits per heavy atom. The minimum atomic E-state index is -0.210. The highest BCUT2D eigenvalue weighted by atomic mass is 16.1. The Morgan fingerprint density at radius 1 is 0.958 bits per heavy atom. The van der Waals surface area contributed by atoms with Gasteiger partial charge < -0.3 is 4.98 Å². The van der Waals surface area contributed by atoms with Crippen LogP contribution in [0.3, 0.4) is 0 Å². The van der Waals surface area contributed by atoms with Crippen LogP contribution in [-0.2, 0) is 0 Å².